The lowest BCUT2D eigenvalue weighted by atomic mass is 9.86. The summed E-state index contributed by atoms with van der Waals surface area (Å²) in [5.74, 6) is -0.159. The van der Waals surface area contributed by atoms with Gasteiger partial charge < -0.3 is 0 Å². The van der Waals surface area contributed by atoms with Crippen LogP contribution in [0.5, 0.6) is 0 Å². The van der Waals surface area contributed by atoms with Gasteiger partial charge in [0.15, 0.2) is 15.6 Å². The normalized spacial score (nSPS) is 12.5. The molecule has 0 aliphatic carbocycles. The molecule has 0 bridgehead atoms. The quantitative estimate of drug-likeness (QED) is 0.745. The van der Waals surface area contributed by atoms with Gasteiger partial charge in [0.05, 0.1) is 4.90 Å². The van der Waals surface area contributed by atoms with E-state index in [-0.39, 0.29) is 16.2 Å². The Bertz CT molecular complexity index is 507. The third-order valence-electron chi connectivity index (χ3n) is 2.21. The summed E-state index contributed by atoms with van der Waals surface area (Å²) in [4.78, 5) is 12.2. The monoisotopic (exact) mass is 240 g/mol. The molecule has 4 heteroatoms. The number of rotatable bonds is 2. The van der Waals surface area contributed by atoms with Gasteiger partial charge in [-0.3, -0.25) is 4.79 Å². The fraction of sp³-hybridized carbons (Fsp3) is 0.417. The second kappa shape index (κ2) is 4.01. The molecule has 88 valence electrons. The first-order chi connectivity index (χ1) is 7.14. The van der Waals surface area contributed by atoms with Crippen molar-refractivity contribution in [1.29, 1.82) is 0 Å². The zero-order valence-electron chi connectivity index (χ0n) is 9.94. The molecule has 16 heavy (non-hydrogen) atoms. The number of ketones is 1. The van der Waals surface area contributed by atoms with E-state index in [1.807, 2.05) is 0 Å². The molecule has 3 nitrogen and oxygen atoms in total. The highest BCUT2D eigenvalue weighted by Crippen LogP contribution is 2.25. The Balaban J connectivity index is 3.42. The van der Waals surface area contributed by atoms with Crippen LogP contribution in [0.2, 0.25) is 0 Å². The van der Waals surface area contributed by atoms with Crippen LogP contribution in [-0.4, -0.2) is 20.5 Å². The van der Waals surface area contributed by atoms with Crippen molar-refractivity contribution in [2.24, 2.45) is 5.41 Å². The maximum Gasteiger partial charge on any atom is 0.176 e. The lowest BCUT2D eigenvalue weighted by molar-refractivity contribution is 0.0855. The van der Waals surface area contributed by atoms with Crippen molar-refractivity contribution in [2.45, 2.75) is 25.7 Å². The Morgan fingerprint density at radius 3 is 2.06 bits per heavy atom. The lowest BCUT2D eigenvalue weighted by Gasteiger charge is -2.18. The third-order valence-corrected chi connectivity index (χ3v) is 3.37. The van der Waals surface area contributed by atoms with Crippen molar-refractivity contribution in [3.05, 3.63) is 29.8 Å². The molecular formula is C12H16O3S. The molecule has 0 aromatic heterocycles. The molecule has 0 atom stereocenters. The maximum atomic E-state index is 12.1. The van der Waals surface area contributed by atoms with E-state index in [9.17, 15) is 13.2 Å². The van der Waals surface area contributed by atoms with Crippen LogP contribution in [0.1, 0.15) is 31.1 Å². The molecule has 1 aromatic carbocycles. The van der Waals surface area contributed by atoms with E-state index in [2.05, 4.69) is 0 Å². The highest BCUT2D eigenvalue weighted by molar-refractivity contribution is 7.90. The predicted molar refractivity (Wildman–Crippen MR) is 63.3 cm³/mol. The van der Waals surface area contributed by atoms with E-state index in [0.29, 0.717) is 0 Å². The SMILES string of the molecule is CC(C)(C)C(=O)c1ccccc1S(C)(=O)=O. The predicted octanol–water partition coefficient (Wildman–Crippen LogP) is 2.32. The molecule has 0 radical (unpaired) electrons. The summed E-state index contributed by atoms with van der Waals surface area (Å²) in [5.41, 5.74) is -0.307. The summed E-state index contributed by atoms with van der Waals surface area (Å²) < 4.78 is 23.1. The van der Waals surface area contributed by atoms with Crippen LogP contribution in [0.3, 0.4) is 0 Å². The van der Waals surface area contributed by atoms with Crippen molar-refractivity contribution in [3.63, 3.8) is 0 Å². The van der Waals surface area contributed by atoms with Gasteiger partial charge in [0.2, 0.25) is 0 Å². The molecule has 0 aliphatic rings. The van der Waals surface area contributed by atoms with Gasteiger partial charge >= 0.3 is 0 Å². The summed E-state index contributed by atoms with van der Waals surface area (Å²) in [6.45, 7) is 5.32. The molecule has 0 N–H and O–H groups in total. The molecule has 0 heterocycles. The second-order valence-corrected chi connectivity index (χ2v) is 6.83. The van der Waals surface area contributed by atoms with Gasteiger partial charge in [-0.2, -0.15) is 0 Å². The van der Waals surface area contributed by atoms with Gasteiger partial charge in [0.25, 0.3) is 0 Å². The molecule has 0 amide bonds. The Morgan fingerprint density at radius 1 is 1.12 bits per heavy atom. The van der Waals surface area contributed by atoms with E-state index in [1.54, 1.807) is 39.0 Å². The minimum atomic E-state index is -3.36. The first-order valence-electron chi connectivity index (χ1n) is 4.98. The largest absolute Gasteiger partial charge is 0.294 e. The van der Waals surface area contributed by atoms with Gasteiger partial charge in [0, 0.05) is 17.2 Å². The van der Waals surface area contributed by atoms with E-state index in [1.165, 1.54) is 6.07 Å². The molecule has 0 saturated carbocycles. The Hall–Kier alpha value is -1.16. The van der Waals surface area contributed by atoms with Crippen LogP contribution >= 0.6 is 0 Å². The number of hydrogen-bond acceptors (Lipinski definition) is 3. The number of hydrogen-bond donors (Lipinski definition) is 0. The summed E-state index contributed by atoms with van der Waals surface area (Å²) in [6, 6.07) is 6.32. The molecule has 0 spiro atoms. The lowest BCUT2D eigenvalue weighted by Crippen LogP contribution is -2.22. The van der Waals surface area contributed by atoms with Crippen LogP contribution in [-0.2, 0) is 9.84 Å². The van der Waals surface area contributed by atoms with Gasteiger partial charge in [-0.15, -0.1) is 0 Å². The molecule has 0 aliphatic heterocycles. The zero-order valence-corrected chi connectivity index (χ0v) is 10.8. The molecular weight excluding hydrogens is 224 g/mol. The minimum absolute atomic E-state index is 0.106. The first kappa shape index (κ1) is 12.9. The number of benzene rings is 1. The fourth-order valence-electron chi connectivity index (χ4n) is 1.38. The summed E-state index contributed by atoms with van der Waals surface area (Å²) >= 11 is 0. The summed E-state index contributed by atoms with van der Waals surface area (Å²) in [6.07, 6.45) is 1.11. The average Bonchev–Trinajstić information content (AvgIpc) is 2.14. The van der Waals surface area contributed by atoms with Crippen molar-refractivity contribution in [2.75, 3.05) is 6.26 Å². The molecule has 0 unspecified atom stereocenters. The zero-order chi connectivity index (χ0) is 12.6. The number of carbonyl (C=O) groups excluding carboxylic acids is 1. The van der Waals surface area contributed by atoms with Crippen molar-refractivity contribution < 1.29 is 13.2 Å². The van der Waals surface area contributed by atoms with Crippen molar-refractivity contribution in [1.82, 2.24) is 0 Å². The maximum absolute atomic E-state index is 12.1. The smallest absolute Gasteiger partial charge is 0.176 e. The van der Waals surface area contributed by atoms with Gasteiger partial charge in [-0.25, -0.2) is 8.42 Å². The number of Topliss-reactive ketones (excluding diaryl/α,β-unsaturated/α-hetero) is 1. The first-order valence-corrected chi connectivity index (χ1v) is 6.87. The van der Waals surface area contributed by atoms with Crippen LogP contribution in [0, 0.1) is 5.41 Å². The van der Waals surface area contributed by atoms with Gasteiger partial charge in [-0.1, -0.05) is 39.0 Å². The van der Waals surface area contributed by atoms with Gasteiger partial charge in [0.1, 0.15) is 0 Å². The molecule has 1 rings (SSSR count). The highest BCUT2D eigenvalue weighted by atomic mass is 32.2. The standard InChI is InChI=1S/C12H16O3S/c1-12(2,3)11(13)9-7-5-6-8-10(9)16(4,14)15/h5-8H,1-4H3. The van der Waals surface area contributed by atoms with Crippen LogP contribution in [0.25, 0.3) is 0 Å². The topological polar surface area (TPSA) is 51.2 Å². The van der Waals surface area contributed by atoms with E-state index >= 15 is 0 Å². The Labute approximate surface area is 96.4 Å². The molecule has 1 aromatic rings. The van der Waals surface area contributed by atoms with E-state index in [0.717, 1.165) is 6.26 Å². The van der Waals surface area contributed by atoms with Crippen molar-refractivity contribution in [3.8, 4) is 0 Å². The fourth-order valence-corrected chi connectivity index (χ4v) is 2.27. The van der Waals surface area contributed by atoms with E-state index < -0.39 is 15.3 Å². The minimum Gasteiger partial charge on any atom is -0.294 e. The molecule has 0 saturated heterocycles. The Morgan fingerprint density at radius 2 is 1.62 bits per heavy atom. The number of sulfone groups is 1. The third kappa shape index (κ3) is 2.70. The molecule has 0 fully saturated rings. The van der Waals surface area contributed by atoms with Crippen LogP contribution in [0.4, 0.5) is 0 Å². The summed E-state index contributed by atoms with van der Waals surface area (Å²) in [5, 5.41) is 0. The van der Waals surface area contributed by atoms with Crippen LogP contribution in [0.15, 0.2) is 29.2 Å². The van der Waals surface area contributed by atoms with E-state index in [4.69, 9.17) is 0 Å². The average molecular weight is 240 g/mol. The Kier molecular flexibility index (Phi) is 3.24. The van der Waals surface area contributed by atoms with Crippen LogP contribution < -0.4 is 0 Å². The van der Waals surface area contributed by atoms with Gasteiger partial charge in [-0.05, 0) is 6.07 Å². The summed E-state index contributed by atoms with van der Waals surface area (Å²) in [7, 11) is -3.36. The highest BCUT2D eigenvalue weighted by Gasteiger charge is 2.27. The number of carbonyl (C=O) groups is 1. The second-order valence-electron chi connectivity index (χ2n) is 4.85. The van der Waals surface area contributed by atoms with Crippen molar-refractivity contribution >= 4 is 15.6 Å².